The summed E-state index contributed by atoms with van der Waals surface area (Å²) < 4.78 is 7.61. The largest absolute Gasteiger partial charge is 0.477 e. The van der Waals surface area contributed by atoms with Crippen molar-refractivity contribution in [2.45, 2.75) is 39.3 Å². The zero-order chi connectivity index (χ0) is 17.6. The smallest absolute Gasteiger partial charge is 0.272 e. The van der Waals surface area contributed by atoms with E-state index in [4.69, 9.17) is 4.74 Å². The van der Waals surface area contributed by atoms with Crippen LogP contribution in [0.25, 0.3) is 11.1 Å². The third-order valence-electron chi connectivity index (χ3n) is 4.94. The van der Waals surface area contributed by atoms with Gasteiger partial charge in [0.2, 0.25) is 5.88 Å². The quantitative estimate of drug-likeness (QED) is 0.934. The number of hydrogen-bond donors (Lipinski definition) is 1. The molecule has 2 aromatic rings. The second kappa shape index (κ2) is 5.92. The Morgan fingerprint density at radius 2 is 2.28 bits per heavy atom. The number of fused-ring (bicyclic) bond motifs is 1. The summed E-state index contributed by atoms with van der Waals surface area (Å²) in [4.78, 5) is 12.8. The van der Waals surface area contributed by atoms with Crippen molar-refractivity contribution in [1.82, 2.24) is 15.1 Å². The predicted octanol–water partition coefficient (Wildman–Crippen LogP) is 2.65. The van der Waals surface area contributed by atoms with Crippen LogP contribution in [0.3, 0.4) is 0 Å². The first-order valence-electron chi connectivity index (χ1n) is 8.64. The Labute approximate surface area is 146 Å². The molecule has 6 heteroatoms. The van der Waals surface area contributed by atoms with Gasteiger partial charge in [0.05, 0.1) is 23.8 Å². The van der Waals surface area contributed by atoms with Crippen molar-refractivity contribution in [2.24, 2.45) is 5.92 Å². The number of nitrogens with zero attached hydrogens (tertiary/aromatic N) is 3. The molecule has 4 rings (SSSR count). The Bertz CT molecular complexity index is 894. The summed E-state index contributed by atoms with van der Waals surface area (Å²) in [5.41, 5.74) is 3.45. The lowest BCUT2D eigenvalue weighted by atomic mass is 9.97. The molecule has 0 bridgehead atoms. The summed E-state index contributed by atoms with van der Waals surface area (Å²) in [7, 11) is 0. The first-order valence-corrected chi connectivity index (χ1v) is 8.64. The lowest BCUT2D eigenvalue weighted by Gasteiger charge is -2.16. The van der Waals surface area contributed by atoms with Crippen LogP contribution >= 0.6 is 0 Å². The molecule has 1 fully saturated rings. The minimum absolute atomic E-state index is 0.170. The molecule has 1 N–H and O–H groups in total. The average molecular weight is 336 g/mol. The molecule has 2 atom stereocenters. The standard InChI is InChI=1S/C19H20N4O2/c1-11-4-5-13(10-20)9-14(11)16-17(18(24)21-15-8-12(15)2)22-23-6-3-7-25-19(16)23/h4-5,9,12,15H,3,6-8H2,1-2H3,(H,21,24). The van der Waals surface area contributed by atoms with Gasteiger partial charge in [0, 0.05) is 19.0 Å². The summed E-state index contributed by atoms with van der Waals surface area (Å²) in [5.74, 6) is 0.972. The highest BCUT2D eigenvalue weighted by atomic mass is 16.5. The molecule has 0 spiro atoms. The van der Waals surface area contributed by atoms with Crippen molar-refractivity contribution in [3.63, 3.8) is 0 Å². The second-order valence-electron chi connectivity index (χ2n) is 6.89. The van der Waals surface area contributed by atoms with Gasteiger partial charge in [-0.1, -0.05) is 13.0 Å². The molecule has 0 saturated heterocycles. The highest BCUT2D eigenvalue weighted by Crippen LogP contribution is 2.38. The fourth-order valence-electron chi connectivity index (χ4n) is 3.25. The van der Waals surface area contributed by atoms with E-state index in [0.717, 1.165) is 30.5 Å². The van der Waals surface area contributed by atoms with Crippen molar-refractivity contribution in [1.29, 1.82) is 5.26 Å². The van der Waals surface area contributed by atoms with Crippen LogP contribution in [-0.2, 0) is 6.54 Å². The molecule has 1 amide bonds. The zero-order valence-corrected chi connectivity index (χ0v) is 14.4. The molecule has 2 unspecified atom stereocenters. The fraction of sp³-hybridized carbons (Fsp3) is 0.421. The number of nitriles is 1. The van der Waals surface area contributed by atoms with Crippen LogP contribution in [0.1, 0.15) is 41.4 Å². The van der Waals surface area contributed by atoms with Crippen molar-refractivity contribution in [3.05, 3.63) is 35.0 Å². The molecule has 25 heavy (non-hydrogen) atoms. The van der Waals surface area contributed by atoms with Crippen LogP contribution < -0.4 is 10.1 Å². The molecular formula is C19H20N4O2. The number of hydrogen-bond acceptors (Lipinski definition) is 4. The van der Waals surface area contributed by atoms with Gasteiger partial charge in [-0.3, -0.25) is 4.79 Å². The van der Waals surface area contributed by atoms with E-state index < -0.39 is 0 Å². The van der Waals surface area contributed by atoms with Crippen LogP contribution in [-0.4, -0.2) is 28.3 Å². The second-order valence-corrected chi connectivity index (χ2v) is 6.89. The highest BCUT2D eigenvalue weighted by molar-refractivity contribution is 6.01. The monoisotopic (exact) mass is 336 g/mol. The topological polar surface area (TPSA) is 79.9 Å². The minimum atomic E-state index is -0.170. The van der Waals surface area contributed by atoms with Gasteiger partial charge in [0.25, 0.3) is 5.91 Å². The van der Waals surface area contributed by atoms with Crippen LogP contribution in [0.5, 0.6) is 5.88 Å². The number of aromatic nitrogens is 2. The highest BCUT2D eigenvalue weighted by Gasteiger charge is 2.36. The lowest BCUT2D eigenvalue weighted by molar-refractivity contribution is 0.0944. The van der Waals surface area contributed by atoms with Crippen LogP contribution in [0.15, 0.2) is 18.2 Å². The van der Waals surface area contributed by atoms with Gasteiger partial charge in [0.1, 0.15) is 0 Å². The number of carbonyl (C=O) groups excluding carboxylic acids is 1. The zero-order valence-electron chi connectivity index (χ0n) is 14.4. The Hall–Kier alpha value is -2.81. The first kappa shape index (κ1) is 15.7. The molecule has 2 aliphatic rings. The van der Waals surface area contributed by atoms with Crippen molar-refractivity contribution >= 4 is 5.91 Å². The number of nitrogens with one attached hydrogen (secondary N) is 1. The van der Waals surface area contributed by atoms with Crippen LogP contribution in [0.2, 0.25) is 0 Å². The molecule has 128 valence electrons. The Balaban J connectivity index is 1.84. The first-order chi connectivity index (χ1) is 12.1. The molecule has 2 heterocycles. The van der Waals surface area contributed by atoms with E-state index in [9.17, 15) is 10.1 Å². The normalized spacial score (nSPS) is 21.0. The van der Waals surface area contributed by atoms with E-state index in [0.29, 0.717) is 35.2 Å². The van der Waals surface area contributed by atoms with Gasteiger partial charge in [-0.2, -0.15) is 10.4 Å². The molecule has 1 aliphatic heterocycles. The Morgan fingerprint density at radius 1 is 1.48 bits per heavy atom. The number of benzene rings is 1. The number of aryl methyl sites for hydroxylation is 2. The summed E-state index contributed by atoms with van der Waals surface area (Å²) in [5, 5.41) is 16.8. The lowest BCUT2D eigenvalue weighted by Crippen LogP contribution is -2.27. The number of rotatable bonds is 3. The van der Waals surface area contributed by atoms with E-state index in [-0.39, 0.29) is 11.9 Å². The number of ether oxygens (including phenoxy) is 1. The molecule has 1 aliphatic carbocycles. The van der Waals surface area contributed by atoms with Gasteiger partial charge < -0.3 is 10.1 Å². The minimum Gasteiger partial charge on any atom is -0.477 e. The summed E-state index contributed by atoms with van der Waals surface area (Å²) in [6, 6.07) is 7.87. The van der Waals surface area contributed by atoms with E-state index in [1.165, 1.54) is 0 Å². The summed E-state index contributed by atoms with van der Waals surface area (Å²) in [6.07, 6.45) is 1.88. The van der Waals surface area contributed by atoms with E-state index in [1.54, 1.807) is 10.7 Å². The maximum Gasteiger partial charge on any atom is 0.272 e. The number of carbonyl (C=O) groups is 1. The number of amides is 1. The molecule has 1 aromatic heterocycles. The Kier molecular flexibility index (Phi) is 3.72. The van der Waals surface area contributed by atoms with Gasteiger partial charge in [-0.05, 0) is 42.5 Å². The van der Waals surface area contributed by atoms with E-state index in [1.807, 2.05) is 19.1 Å². The van der Waals surface area contributed by atoms with E-state index in [2.05, 4.69) is 23.4 Å². The van der Waals surface area contributed by atoms with Gasteiger partial charge in [0.15, 0.2) is 5.69 Å². The third kappa shape index (κ3) is 2.76. The van der Waals surface area contributed by atoms with Crippen molar-refractivity contribution < 1.29 is 9.53 Å². The molecule has 6 nitrogen and oxygen atoms in total. The van der Waals surface area contributed by atoms with Gasteiger partial charge >= 0.3 is 0 Å². The molecule has 0 radical (unpaired) electrons. The Morgan fingerprint density at radius 3 is 3.00 bits per heavy atom. The predicted molar refractivity (Wildman–Crippen MR) is 92.3 cm³/mol. The van der Waals surface area contributed by atoms with Gasteiger partial charge in [-0.15, -0.1) is 0 Å². The molecule has 1 aromatic carbocycles. The molecular weight excluding hydrogens is 316 g/mol. The van der Waals surface area contributed by atoms with Crippen molar-refractivity contribution in [3.8, 4) is 23.1 Å². The van der Waals surface area contributed by atoms with Crippen LogP contribution in [0.4, 0.5) is 0 Å². The van der Waals surface area contributed by atoms with E-state index >= 15 is 0 Å². The maximum absolute atomic E-state index is 12.8. The molecule has 1 saturated carbocycles. The fourth-order valence-corrected chi connectivity index (χ4v) is 3.25. The average Bonchev–Trinajstić information content (AvgIpc) is 3.17. The maximum atomic E-state index is 12.8. The van der Waals surface area contributed by atoms with Crippen LogP contribution in [0, 0.1) is 24.2 Å². The summed E-state index contributed by atoms with van der Waals surface area (Å²) in [6.45, 7) is 5.42. The third-order valence-corrected chi connectivity index (χ3v) is 4.94. The van der Waals surface area contributed by atoms with Crippen molar-refractivity contribution in [2.75, 3.05) is 6.61 Å². The van der Waals surface area contributed by atoms with Gasteiger partial charge in [-0.25, -0.2) is 4.68 Å². The summed E-state index contributed by atoms with van der Waals surface area (Å²) >= 11 is 0. The SMILES string of the molecule is Cc1ccc(C#N)cc1-c1c(C(=O)NC2CC2C)nn2c1OCCC2.